The number of hydrogen-bond donors (Lipinski definition) is 2. The van der Waals surface area contributed by atoms with Crippen LogP contribution in [0.15, 0.2) is 24.4 Å². The van der Waals surface area contributed by atoms with Crippen LogP contribution in [0, 0.1) is 5.82 Å². The molecule has 0 spiro atoms. The number of fused-ring (bicyclic) bond motifs is 1. The van der Waals surface area contributed by atoms with Gasteiger partial charge in [0.2, 0.25) is 5.91 Å². The predicted molar refractivity (Wildman–Crippen MR) is 76.5 cm³/mol. The Labute approximate surface area is 121 Å². The van der Waals surface area contributed by atoms with Gasteiger partial charge >= 0.3 is 5.97 Å². The fourth-order valence-corrected chi connectivity index (χ4v) is 2.27. The molecule has 112 valence electrons. The highest BCUT2D eigenvalue weighted by molar-refractivity contribution is 5.89. The number of benzene rings is 1. The number of nitrogens with one attached hydrogen (secondary N) is 1. The van der Waals surface area contributed by atoms with Crippen LogP contribution in [0.1, 0.15) is 18.9 Å². The minimum absolute atomic E-state index is 0.0708. The molecule has 1 aromatic carbocycles. The molecule has 1 aromatic heterocycles. The SMILES string of the molecule is CCN(CCC(=O)O)C(=O)Cc1c[nH]c2cc(F)ccc12. The second-order valence-electron chi connectivity index (χ2n) is 4.80. The molecule has 2 aromatic rings. The van der Waals surface area contributed by atoms with Crippen molar-refractivity contribution < 1.29 is 19.1 Å². The molecule has 6 heteroatoms. The molecule has 1 amide bonds. The van der Waals surface area contributed by atoms with Crippen molar-refractivity contribution in [3.05, 3.63) is 35.8 Å². The number of carboxylic acid groups (broad SMARTS) is 1. The first-order valence-corrected chi connectivity index (χ1v) is 6.76. The first-order chi connectivity index (χ1) is 10.0. The normalized spacial score (nSPS) is 10.8. The van der Waals surface area contributed by atoms with Gasteiger partial charge in [0.1, 0.15) is 5.82 Å². The summed E-state index contributed by atoms with van der Waals surface area (Å²) in [5, 5.41) is 9.49. The third kappa shape index (κ3) is 3.59. The molecule has 1 heterocycles. The highest BCUT2D eigenvalue weighted by Gasteiger charge is 2.15. The van der Waals surface area contributed by atoms with E-state index in [0.717, 1.165) is 10.9 Å². The molecule has 5 nitrogen and oxygen atoms in total. The maximum Gasteiger partial charge on any atom is 0.305 e. The number of H-pyrrole nitrogens is 1. The van der Waals surface area contributed by atoms with Gasteiger partial charge in [-0.2, -0.15) is 0 Å². The zero-order valence-corrected chi connectivity index (χ0v) is 11.7. The molecule has 0 saturated carbocycles. The Morgan fingerprint density at radius 3 is 2.81 bits per heavy atom. The minimum Gasteiger partial charge on any atom is -0.481 e. The van der Waals surface area contributed by atoms with Crippen molar-refractivity contribution in [1.29, 1.82) is 0 Å². The molecule has 0 unspecified atom stereocenters. The number of likely N-dealkylation sites (N-methyl/N-ethyl adjacent to an activating group) is 1. The number of aromatic nitrogens is 1. The van der Waals surface area contributed by atoms with Crippen molar-refractivity contribution in [1.82, 2.24) is 9.88 Å². The summed E-state index contributed by atoms with van der Waals surface area (Å²) in [6.45, 7) is 2.47. The Bertz CT molecular complexity index is 666. The number of halogens is 1. The van der Waals surface area contributed by atoms with Gasteiger partial charge in [0.05, 0.1) is 12.8 Å². The number of amides is 1. The average Bonchev–Trinajstić information content (AvgIpc) is 2.81. The topological polar surface area (TPSA) is 73.4 Å². The fraction of sp³-hybridized carbons (Fsp3) is 0.333. The van der Waals surface area contributed by atoms with Crippen molar-refractivity contribution in [2.24, 2.45) is 0 Å². The van der Waals surface area contributed by atoms with Crippen molar-refractivity contribution in [2.45, 2.75) is 19.8 Å². The van der Waals surface area contributed by atoms with E-state index in [-0.39, 0.29) is 31.1 Å². The first-order valence-electron chi connectivity index (χ1n) is 6.76. The van der Waals surface area contributed by atoms with E-state index in [1.165, 1.54) is 17.0 Å². The van der Waals surface area contributed by atoms with Gasteiger partial charge in [-0.15, -0.1) is 0 Å². The van der Waals surface area contributed by atoms with E-state index in [1.807, 2.05) is 6.92 Å². The number of hydrogen-bond acceptors (Lipinski definition) is 2. The second kappa shape index (κ2) is 6.39. The summed E-state index contributed by atoms with van der Waals surface area (Å²) in [6.07, 6.45) is 1.78. The molecule has 0 atom stereocenters. The van der Waals surface area contributed by atoms with Crippen molar-refractivity contribution in [3.63, 3.8) is 0 Å². The lowest BCUT2D eigenvalue weighted by Crippen LogP contribution is -2.33. The van der Waals surface area contributed by atoms with Crippen LogP contribution < -0.4 is 0 Å². The smallest absolute Gasteiger partial charge is 0.305 e. The van der Waals surface area contributed by atoms with Crippen LogP contribution >= 0.6 is 0 Å². The lowest BCUT2D eigenvalue weighted by molar-refractivity contribution is -0.138. The lowest BCUT2D eigenvalue weighted by atomic mass is 10.1. The molecule has 0 fully saturated rings. The zero-order chi connectivity index (χ0) is 15.4. The number of nitrogens with zero attached hydrogens (tertiary/aromatic N) is 1. The summed E-state index contributed by atoms with van der Waals surface area (Å²) in [4.78, 5) is 27.2. The lowest BCUT2D eigenvalue weighted by Gasteiger charge is -2.19. The second-order valence-corrected chi connectivity index (χ2v) is 4.80. The maximum absolute atomic E-state index is 13.1. The number of carboxylic acids is 1. The summed E-state index contributed by atoms with van der Waals surface area (Å²) in [6, 6.07) is 4.37. The zero-order valence-electron chi connectivity index (χ0n) is 11.7. The average molecular weight is 292 g/mol. The third-order valence-corrected chi connectivity index (χ3v) is 3.40. The summed E-state index contributed by atoms with van der Waals surface area (Å²) in [7, 11) is 0. The van der Waals surface area contributed by atoms with Crippen LogP contribution in [0.4, 0.5) is 4.39 Å². The Hall–Kier alpha value is -2.37. The largest absolute Gasteiger partial charge is 0.481 e. The Morgan fingerprint density at radius 2 is 2.14 bits per heavy atom. The van der Waals surface area contributed by atoms with Gasteiger partial charge < -0.3 is 15.0 Å². The number of aliphatic carboxylic acids is 1. The Kier molecular flexibility index (Phi) is 4.57. The highest BCUT2D eigenvalue weighted by atomic mass is 19.1. The van der Waals surface area contributed by atoms with Crippen LogP contribution in [-0.2, 0) is 16.0 Å². The van der Waals surface area contributed by atoms with Crippen LogP contribution in [0.3, 0.4) is 0 Å². The molecular formula is C15H17FN2O3. The van der Waals surface area contributed by atoms with Gasteiger partial charge in [-0.3, -0.25) is 9.59 Å². The molecule has 0 aliphatic heterocycles. The van der Waals surface area contributed by atoms with E-state index in [9.17, 15) is 14.0 Å². The minimum atomic E-state index is -0.927. The van der Waals surface area contributed by atoms with Crippen LogP contribution in [-0.4, -0.2) is 40.0 Å². The third-order valence-electron chi connectivity index (χ3n) is 3.40. The standard InChI is InChI=1S/C15H17FN2O3/c1-2-18(6-5-15(20)21)14(19)7-10-9-17-13-8-11(16)3-4-12(10)13/h3-4,8-9,17H,2,5-7H2,1H3,(H,20,21). The van der Waals surface area contributed by atoms with E-state index >= 15 is 0 Å². The van der Waals surface area contributed by atoms with Gasteiger partial charge in [0.25, 0.3) is 0 Å². The van der Waals surface area contributed by atoms with Gasteiger partial charge in [-0.25, -0.2) is 4.39 Å². The summed E-state index contributed by atoms with van der Waals surface area (Å²) >= 11 is 0. The van der Waals surface area contributed by atoms with Gasteiger partial charge in [0.15, 0.2) is 0 Å². The van der Waals surface area contributed by atoms with Crippen molar-refractivity contribution >= 4 is 22.8 Å². The van der Waals surface area contributed by atoms with Gasteiger partial charge in [-0.1, -0.05) is 0 Å². The molecule has 0 saturated heterocycles. The highest BCUT2D eigenvalue weighted by Crippen LogP contribution is 2.20. The molecule has 0 aliphatic rings. The van der Waals surface area contributed by atoms with Crippen LogP contribution in [0.5, 0.6) is 0 Å². The molecule has 0 radical (unpaired) electrons. The monoisotopic (exact) mass is 292 g/mol. The van der Waals surface area contributed by atoms with E-state index < -0.39 is 5.97 Å². The summed E-state index contributed by atoms with van der Waals surface area (Å²) < 4.78 is 13.1. The first kappa shape index (κ1) is 15.0. The van der Waals surface area contributed by atoms with Gasteiger partial charge in [-0.05, 0) is 30.7 Å². The molecule has 21 heavy (non-hydrogen) atoms. The summed E-state index contributed by atoms with van der Waals surface area (Å²) in [5.41, 5.74) is 1.43. The van der Waals surface area contributed by atoms with Crippen LogP contribution in [0.25, 0.3) is 10.9 Å². The number of aromatic amines is 1. The Balaban J connectivity index is 2.11. The molecule has 0 bridgehead atoms. The molecule has 2 N–H and O–H groups in total. The van der Waals surface area contributed by atoms with Gasteiger partial charge in [0, 0.05) is 30.2 Å². The van der Waals surface area contributed by atoms with E-state index in [1.54, 1.807) is 12.3 Å². The molecular weight excluding hydrogens is 275 g/mol. The van der Waals surface area contributed by atoms with E-state index in [4.69, 9.17) is 5.11 Å². The van der Waals surface area contributed by atoms with Crippen LogP contribution in [0.2, 0.25) is 0 Å². The van der Waals surface area contributed by atoms with E-state index in [0.29, 0.717) is 12.1 Å². The van der Waals surface area contributed by atoms with Crippen molar-refractivity contribution in [3.8, 4) is 0 Å². The van der Waals surface area contributed by atoms with Crippen molar-refractivity contribution in [2.75, 3.05) is 13.1 Å². The molecule has 0 aliphatic carbocycles. The van der Waals surface area contributed by atoms with E-state index in [2.05, 4.69) is 4.98 Å². The molecule has 2 rings (SSSR count). The predicted octanol–water partition coefficient (Wildman–Crippen LogP) is 2.17. The fourth-order valence-electron chi connectivity index (χ4n) is 2.27. The quantitative estimate of drug-likeness (QED) is 0.857. The number of carbonyl (C=O) groups excluding carboxylic acids is 1. The number of rotatable bonds is 6. The Morgan fingerprint density at radius 1 is 1.38 bits per heavy atom. The maximum atomic E-state index is 13.1. The number of carbonyl (C=O) groups is 2. The summed E-state index contributed by atoms with van der Waals surface area (Å²) in [5.74, 6) is -1.40.